The van der Waals surface area contributed by atoms with Crippen molar-refractivity contribution in [2.45, 2.75) is 26.1 Å². The Kier molecular flexibility index (Phi) is 4.52. The monoisotopic (exact) mass is 320 g/mol. The van der Waals surface area contributed by atoms with E-state index in [1.165, 1.54) is 0 Å². The zero-order chi connectivity index (χ0) is 15.7. The molecular formula is C17H21ClN2O2. The van der Waals surface area contributed by atoms with Crippen molar-refractivity contribution in [1.29, 1.82) is 0 Å². The molecule has 0 saturated carbocycles. The molecule has 118 valence electrons. The van der Waals surface area contributed by atoms with Crippen LogP contribution in [0.2, 0.25) is 5.02 Å². The van der Waals surface area contributed by atoms with E-state index in [4.69, 9.17) is 26.1 Å². The molecule has 0 amide bonds. The Morgan fingerprint density at radius 3 is 2.91 bits per heavy atom. The molecule has 1 saturated heterocycles. The number of hydrogen-bond donors (Lipinski definition) is 0. The molecule has 1 aromatic carbocycles. The highest BCUT2D eigenvalue weighted by molar-refractivity contribution is 6.35. The number of ether oxygens (including phenoxy) is 2. The number of hydrogen-bond acceptors (Lipinski definition) is 4. The molecule has 2 heterocycles. The van der Waals surface area contributed by atoms with E-state index in [9.17, 15) is 0 Å². The third-order valence-corrected chi connectivity index (χ3v) is 4.32. The van der Waals surface area contributed by atoms with Crippen molar-refractivity contribution in [3.05, 3.63) is 34.9 Å². The van der Waals surface area contributed by atoms with E-state index < -0.39 is 0 Å². The minimum Gasteiger partial charge on any atom is -0.382 e. The molecule has 1 aliphatic heterocycles. The van der Waals surface area contributed by atoms with Gasteiger partial charge < -0.3 is 14.4 Å². The summed E-state index contributed by atoms with van der Waals surface area (Å²) >= 11 is 6.26. The normalized spacial score (nSPS) is 22.3. The smallest absolute Gasteiger partial charge is 0.129 e. The molecule has 0 radical (unpaired) electrons. The van der Waals surface area contributed by atoms with E-state index >= 15 is 0 Å². The van der Waals surface area contributed by atoms with Crippen LogP contribution in [0.1, 0.15) is 12.5 Å². The van der Waals surface area contributed by atoms with Crippen molar-refractivity contribution in [1.82, 2.24) is 4.98 Å². The van der Waals surface area contributed by atoms with Crippen molar-refractivity contribution in [2.24, 2.45) is 0 Å². The number of anilines is 1. The Balaban J connectivity index is 1.94. The maximum Gasteiger partial charge on any atom is 0.129 e. The molecule has 0 bridgehead atoms. The predicted molar refractivity (Wildman–Crippen MR) is 89.9 cm³/mol. The van der Waals surface area contributed by atoms with E-state index in [0.717, 1.165) is 40.4 Å². The second-order valence-electron chi connectivity index (χ2n) is 5.86. The van der Waals surface area contributed by atoms with Gasteiger partial charge in [0.25, 0.3) is 0 Å². The van der Waals surface area contributed by atoms with Crippen LogP contribution in [-0.4, -0.2) is 44.0 Å². The molecule has 5 heteroatoms. The molecule has 0 N–H and O–H groups in total. The fraction of sp³-hybridized carbons (Fsp3) is 0.471. The van der Waals surface area contributed by atoms with Gasteiger partial charge in [-0.05, 0) is 37.6 Å². The van der Waals surface area contributed by atoms with Crippen LogP contribution in [0.4, 0.5) is 5.82 Å². The van der Waals surface area contributed by atoms with E-state index in [0.29, 0.717) is 6.61 Å². The van der Waals surface area contributed by atoms with Crippen LogP contribution in [0.15, 0.2) is 24.3 Å². The van der Waals surface area contributed by atoms with E-state index in [2.05, 4.69) is 24.8 Å². The maximum absolute atomic E-state index is 6.26. The summed E-state index contributed by atoms with van der Waals surface area (Å²) in [7, 11) is 1.70. The summed E-state index contributed by atoms with van der Waals surface area (Å²) in [5, 5.41) is 1.74. The number of aryl methyl sites for hydroxylation is 1. The van der Waals surface area contributed by atoms with Crippen molar-refractivity contribution in [2.75, 3.05) is 31.7 Å². The highest BCUT2D eigenvalue weighted by atomic mass is 35.5. The minimum absolute atomic E-state index is 0.0757. The fourth-order valence-corrected chi connectivity index (χ4v) is 3.21. The molecule has 2 aromatic rings. The molecular weight excluding hydrogens is 300 g/mol. The van der Waals surface area contributed by atoms with Gasteiger partial charge in [-0.1, -0.05) is 17.7 Å². The average molecular weight is 321 g/mol. The third-order valence-electron chi connectivity index (χ3n) is 3.99. The van der Waals surface area contributed by atoms with Crippen LogP contribution in [0.3, 0.4) is 0 Å². The molecule has 2 atom stereocenters. The number of morpholine rings is 1. The van der Waals surface area contributed by atoms with Gasteiger partial charge in [-0.2, -0.15) is 0 Å². The Bertz CT molecular complexity index is 677. The van der Waals surface area contributed by atoms with Gasteiger partial charge in [0.05, 0.1) is 24.3 Å². The summed E-state index contributed by atoms with van der Waals surface area (Å²) in [4.78, 5) is 7.09. The van der Waals surface area contributed by atoms with Gasteiger partial charge in [-0.15, -0.1) is 0 Å². The molecule has 4 nitrogen and oxygen atoms in total. The quantitative estimate of drug-likeness (QED) is 0.867. The van der Waals surface area contributed by atoms with Gasteiger partial charge in [0.15, 0.2) is 0 Å². The number of methoxy groups -OCH3 is 1. The summed E-state index contributed by atoms with van der Waals surface area (Å²) in [5.41, 5.74) is 2.10. The topological polar surface area (TPSA) is 34.6 Å². The summed E-state index contributed by atoms with van der Waals surface area (Å²) in [5.74, 6) is 0.967. The minimum atomic E-state index is 0.0757. The van der Waals surface area contributed by atoms with Gasteiger partial charge >= 0.3 is 0 Å². The number of fused-ring (bicyclic) bond motifs is 1. The second kappa shape index (κ2) is 6.41. The largest absolute Gasteiger partial charge is 0.382 e. The van der Waals surface area contributed by atoms with Gasteiger partial charge in [0, 0.05) is 30.6 Å². The summed E-state index contributed by atoms with van der Waals surface area (Å²) in [6.45, 7) is 6.36. The fourth-order valence-electron chi connectivity index (χ4n) is 3.00. The lowest BCUT2D eigenvalue weighted by Crippen LogP contribution is -2.48. The number of nitrogens with zero attached hydrogens (tertiary/aromatic N) is 2. The molecule has 22 heavy (non-hydrogen) atoms. The average Bonchev–Trinajstić information content (AvgIpc) is 2.50. The number of rotatable bonds is 3. The first kappa shape index (κ1) is 15.5. The third kappa shape index (κ3) is 3.05. The Morgan fingerprint density at radius 1 is 1.32 bits per heavy atom. The lowest BCUT2D eigenvalue weighted by molar-refractivity contribution is -0.0512. The SMILES string of the molecule is COCC1CN(c2ccc3c(Cl)ccc(C)c3n2)CC(C)O1. The van der Waals surface area contributed by atoms with E-state index in [1.54, 1.807) is 7.11 Å². The predicted octanol–water partition coefficient (Wildman–Crippen LogP) is 3.44. The first-order valence-electron chi connectivity index (χ1n) is 7.53. The second-order valence-corrected chi connectivity index (χ2v) is 6.27. The number of benzene rings is 1. The molecule has 2 unspecified atom stereocenters. The Hall–Kier alpha value is -1.36. The molecule has 0 aliphatic carbocycles. The molecule has 0 spiro atoms. The number of pyridine rings is 1. The first-order valence-corrected chi connectivity index (χ1v) is 7.91. The van der Waals surface area contributed by atoms with Crippen LogP contribution >= 0.6 is 11.6 Å². The molecule has 3 rings (SSSR count). The van der Waals surface area contributed by atoms with Crippen molar-refractivity contribution < 1.29 is 9.47 Å². The van der Waals surface area contributed by atoms with Gasteiger partial charge in [0.1, 0.15) is 5.82 Å². The van der Waals surface area contributed by atoms with E-state index in [1.807, 2.05) is 18.2 Å². The van der Waals surface area contributed by atoms with Gasteiger partial charge in [0.2, 0.25) is 0 Å². The first-order chi connectivity index (χ1) is 10.6. The zero-order valence-electron chi connectivity index (χ0n) is 13.2. The van der Waals surface area contributed by atoms with Crippen molar-refractivity contribution in [3.63, 3.8) is 0 Å². The van der Waals surface area contributed by atoms with Gasteiger partial charge in [-0.25, -0.2) is 4.98 Å². The van der Waals surface area contributed by atoms with Crippen LogP contribution in [-0.2, 0) is 9.47 Å². The van der Waals surface area contributed by atoms with Crippen molar-refractivity contribution >= 4 is 28.3 Å². The number of aromatic nitrogens is 1. The number of halogens is 1. The van der Waals surface area contributed by atoms with Crippen LogP contribution in [0.5, 0.6) is 0 Å². The van der Waals surface area contributed by atoms with Crippen molar-refractivity contribution in [3.8, 4) is 0 Å². The van der Waals surface area contributed by atoms with Crippen LogP contribution in [0.25, 0.3) is 10.9 Å². The van der Waals surface area contributed by atoms with Gasteiger partial charge in [-0.3, -0.25) is 0 Å². The molecule has 1 aromatic heterocycles. The standard InChI is InChI=1S/C17H21ClN2O2/c1-11-4-6-15(18)14-5-7-16(19-17(11)14)20-8-12(2)22-13(9-20)10-21-3/h4-7,12-13H,8-10H2,1-3H3. The zero-order valence-corrected chi connectivity index (χ0v) is 13.9. The summed E-state index contributed by atoms with van der Waals surface area (Å²) < 4.78 is 11.1. The highest BCUT2D eigenvalue weighted by Gasteiger charge is 2.26. The van der Waals surface area contributed by atoms with Crippen LogP contribution in [0, 0.1) is 6.92 Å². The van der Waals surface area contributed by atoms with E-state index in [-0.39, 0.29) is 12.2 Å². The lowest BCUT2D eigenvalue weighted by atomic mass is 10.1. The van der Waals surface area contributed by atoms with Crippen LogP contribution < -0.4 is 4.90 Å². The summed E-state index contributed by atoms with van der Waals surface area (Å²) in [6.07, 6.45) is 0.235. The molecule has 1 fully saturated rings. The Labute approximate surface area is 136 Å². The lowest BCUT2D eigenvalue weighted by Gasteiger charge is -2.37. The highest BCUT2D eigenvalue weighted by Crippen LogP contribution is 2.28. The Morgan fingerprint density at radius 2 is 2.14 bits per heavy atom. The maximum atomic E-state index is 6.26. The summed E-state index contributed by atoms with van der Waals surface area (Å²) in [6, 6.07) is 8.02. The molecule has 1 aliphatic rings.